The zero-order valence-electron chi connectivity index (χ0n) is 22.9. The molecule has 10 heteroatoms. The second-order valence-corrected chi connectivity index (χ2v) is 10.8. The van der Waals surface area contributed by atoms with Crippen LogP contribution in [0.3, 0.4) is 0 Å². The molecule has 0 spiro atoms. The molecule has 0 aromatic carbocycles. The van der Waals surface area contributed by atoms with Crippen LogP contribution in [0, 0.1) is 0 Å². The van der Waals surface area contributed by atoms with E-state index >= 15 is 0 Å². The highest BCUT2D eigenvalue weighted by molar-refractivity contribution is 6.31. The molecule has 39 heavy (non-hydrogen) atoms. The number of methoxy groups -OCH3 is 2. The Hall–Kier alpha value is -3.27. The van der Waals surface area contributed by atoms with Crippen molar-refractivity contribution >= 4 is 40.1 Å². The van der Waals surface area contributed by atoms with Gasteiger partial charge >= 0.3 is 0 Å². The van der Waals surface area contributed by atoms with Gasteiger partial charge in [0, 0.05) is 101 Å². The van der Waals surface area contributed by atoms with Crippen LogP contribution in [0.2, 0.25) is 0 Å². The van der Waals surface area contributed by atoms with Gasteiger partial charge < -0.3 is 33.5 Å². The topological polar surface area (TPSA) is 61.6 Å². The minimum atomic E-state index is -0.183. The smallest absolute Gasteiger partial charge is 0.139 e. The number of hydrogen-bond acceptors (Lipinski definition) is 8. The van der Waals surface area contributed by atoms with Crippen LogP contribution in [-0.2, 0) is 9.47 Å². The molecule has 2 saturated heterocycles. The molecule has 3 aliphatic rings. The molecule has 0 bridgehead atoms. The summed E-state index contributed by atoms with van der Waals surface area (Å²) < 4.78 is 13.2. The van der Waals surface area contributed by atoms with Crippen LogP contribution in [0.15, 0.2) is 59.6 Å². The maximum Gasteiger partial charge on any atom is 0.139 e. The molecule has 6 rings (SSSR count). The average molecular weight is 550 g/mol. The monoisotopic (exact) mass is 549 g/mol. The highest BCUT2D eigenvalue weighted by atomic mass is 35.5. The predicted molar refractivity (Wildman–Crippen MR) is 157 cm³/mol. The maximum absolute atomic E-state index is 6.48. The number of likely N-dealkylation sites (N-methyl/N-ethyl adjacent to an activating group) is 1. The van der Waals surface area contributed by atoms with Crippen molar-refractivity contribution in [3.05, 3.63) is 65.3 Å². The summed E-state index contributed by atoms with van der Waals surface area (Å²) in [5.74, 6) is 2.98. The third-order valence-electron chi connectivity index (χ3n) is 8.03. The highest BCUT2D eigenvalue weighted by Crippen LogP contribution is 2.34. The molecule has 2 fully saturated rings. The lowest BCUT2D eigenvalue weighted by atomic mass is 10.0. The summed E-state index contributed by atoms with van der Waals surface area (Å²) in [5, 5.41) is 0.660. The fraction of sp³-hybridized carbons (Fsp3) is 0.448. The molecule has 0 radical (unpaired) electrons. The molecule has 0 saturated carbocycles. The molecule has 2 aliphatic heterocycles. The lowest BCUT2D eigenvalue weighted by molar-refractivity contribution is 0.119. The first-order chi connectivity index (χ1) is 19.0. The Kier molecular flexibility index (Phi) is 7.38. The first kappa shape index (κ1) is 26.0. The standard InChI is InChI=1S/C29H36ClN7O2/c1-33-9-11-35(12-10-33)27-5-4-6-28(32-27)36-15-13-34(14-16-36)21-7-8-37-20-24(31-29(37)17-21)22-18-23(30)26(39-3)19-25(22)38-2/h4-8,17-18,20,26H,9-16,19H2,1-3H3. The summed E-state index contributed by atoms with van der Waals surface area (Å²) in [5.41, 5.74) is 3.82. The van der Waals surface area contributed by atoms with E-state index in [1.807, 2.05) is 16.7 Å². The molecule has 1 unspecified atom stereocenters. The van der Waals surface area contributed by atoms with Crippen molar-refractivity contribution < 1.29 is 9.47 Å². The number of pyridine rings is 2. The van der Waals surface area contributed by atoms with Crippen molar-refractivity contribution in [1.82, 2.24) is 19.3 Å². The van der Waals surface area contributed by atoms with E-state index in [0.717, 1.165) is 86.7 Å². The van der Waals surface area contributed by atoms with Gasteiger partial charge in [-0.25, -0.2) is 9.97 Å². The van der Waals surface area contributed by atoms with Crippen molar-refractivity contribution in [1.29, 1.82) is 0 Å². The van der Waals surface area contributed by atoms with E-state index in [4.69, 9.17) is 31.0 Å². The molecule has 3 aromatic heterocycles. The summed E-state index contributed by atoms with van der Waals surface area (Å²) in [7, 11) is 5.52. The third-order valence-corrected chi connectivity index (χ3v) is 8.38. The van der Waals surface area contributed by atoms with Crippen molar-refractivity contribution in [2.45, 2.75) is 12.5 Å². The van der Waals surface area contributed by atoms with Gasteiger partial charge in [0.2, 0.25) is 0 Å². The Bertz CT molecular complexity index is 1390. The highest BCUT2D eigenvalue weighted by Gasteiger charge is 2.26. The largest absolute Gasteiger partial charge is 0.500 e. The number of anilines is 3. The summed E-state index contributed by atoms with van der Waals surface area (Å²) in [4.78, 5) is 19.5. The Morgan fingerprint density at radius 2 is 1.54 bits per heavy atom. The van der Waals surface area contributed by atoms with Crippen LogP contribution < -0.4 is 14.7 Å². The average Bonchev–Trinajstić information content (AvgIpc) is 3.41. The Morgan fingerprint density at radius 3 is 2.21 bits per heavy atom. The number of fused-ring (bicyclic) bond motifs is 1. The zero-order valence-corrected chi connectivity index (χ0v) is 23.6. The van der Waals surface area contributed by atoms with E-state index in [1.54, 1.807) is 14.2 Å². The minimum absolute atomic E-state index is 0.183. The van der Waals surface area contributed by atoms with Gasteiger partial charge in [-0.2, -0.15) is 0 Å². The quantitative estimate of drug-likeness (QED) is 0.461. The Morgan fingerprint density at radius 1 is 0.872 bits per heavy atom. The molecule has 0 amide bonds. The second-order valence-electron chi connectivity index (χ2n) is 10.4. The number of piperazine rings is 2. The van der Waals surface area contributed by atoms with Crippen molar-refractivity contribution in [3.63, 3.8) is 0 Å². The van der Waals surface area contributed by atoms with Gasteiger partial charge in [-0.15, -0.1) is 0 Å². The van der Waals surface area contributed by atoms with Gasteiger partial charge in [0.15, 0.2) is 0 Å². The fourth-order valence-electron chi connectivity index (χ4n) is 5.58. The number of aromatic nitrogens is 3. The van der Waals surface area contributed by atoms with Gasteiger partial charge in [0.25, 0.3) is 0 Å². The van der Waals surface area contributed by atoms with E-state index in [2.05, 4.69) is 63.2 Å². The van der Waals surface area contributed by atoms with Gasteiger partial charge in [0.1, 0.15) is 23.0 Å². The molecular weight excluding hydrogens is 514 g/mol. The van der Waals surface area contributed by atoms with Crippen LogP contribution >= 0.6 is 11.6 Å². The summed E-state index contributed by atoms with van der Waals surface area (Å²) in [6.45, 7) is 7.93. The molecule has 206 valence electrons. The summed E-state index contributed by atoms with van der Waals surface area (Å²) in [6, 6.07) is 10.7. The molecule has 1 aliphatic carbocycles. The SMILES string of the molecule is COC1=C(c2cn3ccc(N4CCN(c5cccc(N6CCN(C)CC6)n5)CC4)cc3n2)C=C(Cl)C(OC)C1. The first-order valence-corrected chi connectivity index (χ1v) is 14.0. The normalized spacial score (nSPS) is 21.1. The third kappa shape index (κ3) is 5.31. The Labute approximate surface area is 234 Å². The van der Waals surface area contributed by atoms with Crippen molar-refractivity contribution in [2.75, 3.05) is 88.3 Å². The number of rotatable bonds is 6. The molecule has 3 aromatic rings. The number of halogens is 1. The number of hydrogen-bond donors (Lipinski definition) is 0. The van der Waals surface area contributed by atoms with Crippen LogP contribution in [-0.4, -0.2) is 99.0 Å². The number of ether oxygens (including phenoxy) is 2. The zero-order chi connectivity index (χ0) is 26.9. The van der Waals surface area contributed by atoms with Gasteiger partial charge in [0.05, 0.1) is 18.9 Å². The summed E-state index contributed by atoms with van der Waals surface area (Å²) in [6.07, 6.45) is 6.42. The van der Waals surface area contributed by atoms with Crippen LogP contribution in [0.4, 0.5) is 17.3 Å². The van der Waals surface area contributed by atoms with Gasteiger partial charge in [-0.1, -0.05) is 17.7 Å². The Balaban J connectivity index is 1.15. The predicted octanol–water partition coefficient (Wildman–Crippen LogP) is 3.71. The number of imidazole rings is 1. The maximum atomic E-state index is 6.48. The van der Waals surface area contributed by atoms with Crippen molar-refractivity contribution in [2.24, 2.45) is 0 Å². The van der Waals surface area contributed by atoms with E-state index in [-0.39, 0.29) is 6.10 Å². The minimum Gasteiger partial charge on any atom is -0.500 e. The van der Waals surface area contributed by atoms with Crippen LogP contribution in [0.25, 0.3) is 11.2 Å². The number of nitrogens with zero attached hydrogens (tertiary/aromatic N) is 7. The molecule has 0 N–H and O–H groups in total. The van der Waals surface area contributed by atoms with Crippen LogP contribution in [0.1, 0.15) is 12.1 Å². The molecule has 1 atom stereocenters. The van der Waals surface area contributed by atoms with E-state index < -0.39 is 0 Å². The first-order valence-electron chi connectivity index (χ1n) is 13.6. The van der Waals surface area contributed by atoms with Crippen LogP contribution in [0.5, 0.6) is 0 Å². The number of allylic oxidation sites excluding steroid dienone is 2. The van der Waals surface area contributed by atoms with E-state index in [0.29, 0.717) is 11.5 Å². The van der Waals surface area contributed by atoms with E-state index in [1.165, 1.54) is 5.69 Å². The van der Waals surface area contributed by atoms with Crippen molar-refractivity contribution in [3.8, 4) is 0 Å². The molecular formula is C29H36ClN7O2. The second kappa shape index (κ2) is 11.1. The molecule has 9 nitrogen and oxygen atoms in total. The fourth-order valence-corrected chi connectivity index (χ4v) is 5.86. The van der Waals surface area contributed by atoms with Gasteiger partial charge in [-0.3, -0.25) is 0 Å². The van der Waals surface area contributed by atoms with E-state index in [9.17, 15) is 0 Å². The van der Waals surface area contributed by atoms with Gasteiger partial charge in [-0.05, 0) is 31.3 Å². The lowest BCUT2D eigenvalue weighted by Gasteiger charge is -2.37. The summed E-state index contributed by atoms with van der Waals surface area (Å²) >= 11 is 6.48. The lowest BCUT2D eigenvalue weighted by Crippen LogP contribution is -2.47. The molecule has 5 heterocycles.